The van der Waals surface area contributed by atoms with Crippen LogP contribution >= 0.6 is 0 Å². The number of aromatic amines is 1. The highest BCUT2D eigenvalue weighted by Gasteiger charge is 2.31. The molecule has 1 aliphatic heterocycles. The molecule has 1 aromatic heterocycles. The van der Waals surface area contributed by atoms with Crippen LogP contribution < -0.4 is 4.90 Å². The minimum Gasteiger partial charge on any atom is -0.509 e. The van der Waals surface area contributed by atoms with Crippen molar-refractivity contribution >= 4 is 28.1 Å². The Hall–Kier alpha value is -3.08. The van der Waals surface area contributed by atoms with Crippen LogP contribution in [-0.2, 0) is 6.42 Å². The molecular formula is C21H22N4O. The Bertz CT molecular complexity index is 1000. The fraction of sp³-hybridized carbons (Fsp3) is 0.238. The average Bonchev–Trinajstić information content (AvgIpc) is 3.15. The predicted molar refractivity (Wildman–Crippen MR) is 106 cm³/mol. The fourth-order valence-electron chi connectivity index (χ4n) is 3.35. The van der Waals surface area contributed by atoms with Gasteiger partial charge in [-0.05, 0) is 61.2 Å². The Labute approximate surface area is 152 Å². The Kier molecular flexibility index (Phi) is 3.80. The molecule has 0 saturated heterocycles. The van der Waals surface area contributed by atoms with Crippen LogP contribution in [0, 0.1) is 19.3 Å². The number of rotatable bonds is 3. The maximum Gasteiger partial charge on any atom is 0.145 e. The molecule has 0 spiro atoms. The minimum atomic E-state index is 0.169. The van der Waals surface area contributed by atoms with Gasteiger partial charge in [0, 0.05) is 5.69 Å². The van der Waals surface area contributed by atoms with E-state index in [-0.39, 0.29) is 18.1 Å². The van der Waals surface area contributed by atoms with Gasteiger partial charge >= 0.3 is 0 Å². The lowest BCUT2D eigenvalue weighted by molar-refractivity contribution is 0.411. The van der Waals surface area contributed by atoms with E-state index in [0.29, 0.717) is 11.4 Å². The zero-order chi connectivity index (χ0) is 18.4. The second-order valence-corrected chi connectivity index (χ2v) is 6.82. The zero-order valence-corrected chi connectivity index (χ0v) is 15.2. The lowest BCUT2D eigenvalue weighted by Gasteiger charge is -2.18. The SMILES string of the molecule is CCc1ccc(N2CC(O)=C(c3nc4cc(C)c(C)cc4[nH]3)C2=N)cc1. The summed E-state index contributed by atoms with van der Waals surface area (Å²) in [4.78, 5) is 9.67. The van der Waals surface area contributed by atoms with Crippen LogP contribution in [0.3, 0.4) is 0 Å². The number of anilines is 1. The molecule has 5 nitrogen and oxygen atoms in total. The summed E-state index contributed by atoms with van der Waals surface area (Å²) in [5.41, 5.74) is 6.74. The van der Waals surface area contributed by atoms with E-state index in [2.05, 4.69) is 48.9 Å². The van der Waals surface area contributed by atoms with Crippen molar-refractivity contribution in [1.29, 1.82) is 5.41 Å². The van der Waals surface area contributed by atoms with Gasteiger partial charge < -0.3 is 15.0 Å². The van der Waals surface area contributed by atoms with Crippen molar-refractivity contribution in [2.75, 3.05) is 11.4 Å². The molecule has 0 bridgehead atoms. The van der Waals surface area contributed by atoms with Gasteiger partial charge in [-0.3, -0.25) is 5.41 Å². The number of hydrogen-bond acceptors (Lipinski definition) is 3. The first-order chi connectivity index (χ1) is 12.5. The molecule has 132 valence electrons. The molecule has 3 aromatic rings. The molecule has 3 N–H and O–H groups in total. The number of fused-ring (bicyclic) bond motifs is 1. The summed E-state index contributed by atoms with van der Waals surface area (Å²) >= 11 is 0. The van der Waals surface area contributed by atoms with Gasteiger partial charge in [-0.25, -0.2) is 4.98 Å². The van der Waals surface area contributed by atoms with E-state index < -0.39 is 0 Å². The summed E-state index contributed by atoms with van der Waals surface area (Å²) in [5.74, 6) is 0.974. The van der Waals surface area contributed by atoms with E-state index in [9.17, 15) is 5.11 Å². The number of H-pyrrole nitrogens is 1. The van der Waals surface area contributed by atoms with Crippen molar-refractivity contribution in [3.8, 4) is 0 Å². The van der Waals surface area contributed by atoms with Gasteiger partial charge in [-0.15, -0.1) is 0 Å². The summed E-state index contributed by atoms with van der Waals surface area (Å²) in [7, 11) is 0. The third kappa shape index (κ3) is 2.56. The molecule has 2 heterocycles. The average molecular weight is 346 g/mol. The summed E-state index contributed by atoms with van der Waals surface area (Å²) in [6, 6.07) is 12.2. The quantitative estimate of drug-likeness (QED) is 0.653. The molecule has 0 radical (unpaired) electrons. The largest absolute Gasteiger partial charge is 0.509 e. The third-order valence-electron chi connectivity index (χ3n) is 5.09. The highest BCUT2D eigenvalue weighted by Crippen LogP contribution is 2.31. The van der Waals surface area contributed by atoms with Gasteiger partial charge in [0.05, 0.1) is 23.2 Å². The van der Waals surface area contributed by atoms with Crippen molar-refractivity contribution in [3.05, 3.63) is 64.7 Å². The topological polar surface area (TPSA) is 76.0 Å². The standard InChI is InChI=1S/C21H22N4O/c1-4-14-5-7-15(8-6-14)25-11-18(26)19(20(25)22)21-23-16-9-12(2)13(3)10-17(16)24-21/h5-10,22,26H,4,11H2,1-3H3,(H,23,24). The van der Waals surface area contributed by atoms with Gasteiger partial charge in [0.1, 0.15) is 17.4 Å². The van der Waals surface area contributed by atoms with Crippen LogP contribution in [0.1, 0.15) is 29.4 Å². The first kappa shape index (κ1) is 16.4. The number of nitrogens with zero attached hydrogens (tertiary/aromatic N) is 2. The van der Waals surface area contributed by atoms with Crippen LogP contribution in [0.2, 0.25) is 0 Å². The smallest absolute Gasteiger partial charge is 0.145 e. The molecule has 0 aliphatic carbocycles. The number of benzene rings is 2. The summed E-state index contributed by atoms with van der Waals surface area (Å²) in [5, 5.41) is 19.1. The van der Waals surface area contributed by atoms with Gasteiger partial charge in [-0.1, -0.05) is 19.1 Å². The van der Waals surface area contributed by atoms with E-state index in [1.807, 2.05) is 18.2 Å². The molecule has 0 amide bonds. The molecule has 0 saturated carbocycles. The zero-order valence-electron chi connectivity index (χ0n) is 15.2. The Morgan fingerprint density at radius 2 is 1.85 bits per heavy atom. The summed E-state index contributed by atoms with van der Waals surface area (Å²) < 4.78 is 0. The monoisotopic (exact) mass is 346 g/mol. The summed E-state index contributed by atoms with van der Waals surface area (Å²) in [6.45, 7) is 6.52. The van der Waals surface area contributed by atoms with Gasteiger partial charge in [0.25, 0.3) is 0 Å². The molecule has 0 fully saturated rings. The first-order valence-corrected chi connectivity index (χ1v) is 8.82. The Balaban J connectivity index is 1.70. The van der Waals surface area contributed by atoms with Gasteiger partial charge in [0.2, 0.25) is 0 Å². The number of aliphatic hydroxyl groups is 1. The van der Waals surface area contributed by atoms with Crippen LogP contribution in [0.4, 0.5) is 5.69 Å². The molecule has 5 heteroatoms. The minimum absolute atomic E-state index is 0.169. The van der Waals surface area contributed by atoms with Crippen molar-refractivity contribution < 1.29 is 5.11 Å². The molecule has 4 rings (SSSR count). The number of hydrogen-bond donors (Lipinski definition) is 3. The number of aryl methyl sites for hydroxylation is 3. The van der Waals surface area contributed by atoms with Crippen LogP contribution in [0.25, 0.3) is 16.6 Å². The van der Waals surface area contributed by atoms with Gasteiger partial charge in [-0.2, -0.15) is 0 Å². The second kappa shape index (κ2) is 6.02. The third-order valence-corrected chi connectivity index (χ3v) is 5.09. The summed E-state index contributed by atoms with van der Waals surface area (Å²) in [6.07, 6.45) is 0.976. The Morgan fingerprint density at radius 3 is 2.54 bits per heavy atom. The number of nitrogens with one attached hydrogen (secondary N) is 2. The number of aliphatic hydroxyl groups excluding tert-OH is 1. The Morgan fingerprint density at radius 1 is 1.15 bits per heavy atom. The van der Waals surface area contributed by atoms with E-state index in [1.54, 1.807) is 4.90 Å². The molecule has 0 unspecified atom stereocenters. The van der Waals surface area contributed by atoms with Crippen LogP contribution in [0.15, 0.2) is 42.2 Å². The van der Waals surface area contributed by atoms with Crippen molar-refractivity contribution in [2.24, 2.45) is 0 Å². The maximum absolute atomic E-state index is 10.5. The highest BCUT2D eigenvalue weighted by molar-refractivity contribution is 6.30. The maximum atomic E-state index is 10.5. The predicted octanol–water partition coefficient (Wildman–Crippen LogP) is 4.51. The van der Waals surface area contributed by atoms with Crippen molar-refractivity contribution in [3.63, 3.8) is 0 Å². The fourth-order valence-corrected chi connectivity index (χ4v) is 3.35. The molecular weight excluding hydrogens is 324 g/mol. The van der Waals surface area contributed by atoms with Crippen LogP contribution in [-0.4, -0.2) is 27.5 Å². The van der Waals surface area contributed by atoms with Gasteiger partial charge in [0.15, 0.2) is 0 Å². The lowest BCUT2D eigenvalue weighted by Crippen LogP contribution is -2.26. The molecule has 0 atom stereocenters. The number of amidine groups is 1. The first-order valence-electron chi connectivity index (χ1n) is 8.82. The number of aromatic nitrogens is 2. The van der Waals surface area contributed by atoms with Crippen molar-refractivity contribution in [1.82, 2.24) is 9.97 Å². The lowest BCUT2D eigenvalue weighted by atomic mass is 10.1. The normalized spacial score (nSPS) is 14.7. The molecule has 2 aromatic carbocycles. The van der Waals surface area contributed by atoms with E-state index >= 15 is 0 Å². The van der Waals surface area contributed by atoms with E-state index in [0.717, 1.165) is 23.1 Å². The number of imidazole rings is 1. The molecule has 26 heavy (non-hydrogen) atoms. The van der Waals surface area contributed by atoms with E-state index in [1.165, 1.54) is 16.7 Å². The molecule has 1 aliphatic rings. The van der Waals surface area contributed by atoms with E-state index in [4.69, 9.17) is 5.41 Å². The highest BCUT2D eigenvalue weighted by atomic mass is 16.3. The van der Waals surface area contributed by atoms with Crippen LogP contribution in [0.5, 0.6) is 0 Å². The second-order valence-electron chi connectivity index (χ2n) is 6.82. The van der Waals surface area contributed by atoms with Crippen molar-refractivity contribution in [2.45, 2.75) is 27.2 Å².